The molecule has 3 heteroatoms. The first-order valence-corrected chi connectivity index (χ1v) is 4.03. The van der Waals surface area contributed by atoms with Gasteiger partial charge in [0.2, 0.25) is 0 Å². The maximum Gasteiger partial charge on any atom is 0 e. The molecule has 0 heterocycles. The van der Waals surface area contributed by atoms with Crippen molar-refractivity contribution in [2.45, 2.75) is 40.7 Å². The van der Waals surface area contributed by atoms with Crippen LogP contribution in [0.25, 0.3) is 0 Å². The summed E-state index contributed by atoms with van der Waals surface area (Å²) in [5, 5.41) is 1.84. The third-order valence-corrected chi connectivity index (χ3v) is 1.29. The van der Waals surface area contributed by atoms with E-state index in [9.17, 15) is 0 Å². The molecule has 0 aromatic heterocycles. The van der Waals surface area contributed by atoms with Crippen LogP contribution >= 0.6 is 0 Å². The van der Waals surface area contributed by atoms with Crippen LogP contribution in [0.3, 0.4) is 0 Å². The summed E-state index contributed by atoms with van der Waals surface area (Å²) >= 11 is 0. The zero-order valence-electron chi connectivity index (χ0n) is 8.89. The molecule has 0 aromatic rings. The Bertz CT molecular complexity index is 108. The molecule has 71 valence electrons. The van der Waals surface area contributed by atoms with Gasteiger partial charge in [0.25, 0.3) is 0 Å². The minimum Gasteiger partial charge on any atom is -0.434 e. The summed E-state index contributed by atoms with van der Waals surface area (Å²) in [4.78, 5) is 0. The van der Waals surface area contributed by atoms with Crippen molar-refractivity contribution in [2.75, 3.05) is 0 Å². The molecule has 0 atom stereocenters. The van der Waals surface area contributed by atoms with Gasteiger partial charge in [-0.15, -0.1) is 0 Å². The van der Waals surface area contributed by atoms with Gasteiger partial charge >= 0.3 is 0 Å². The fourth-order valence-corrected chi connectivity index (χ4v) is 0.426. The first-order valence-electron chi connectivity index (χ1n) is 4.03. The maximum atomic E-state index is 3.83. The number of hydrazine groups is 1. The van der Waals surface area contributed by atoms with E-state index in [1.54, 1.807) is 0 Å². The first-order chi connectivity index (χ1) is 4.83. The van der Waals surface area contributed by atoms with E-state index < -0.39 is 0 Å². The Kier molecular flexibility index (Phi) is 8.36. The van der Waals surface area contributed by atoms with Crippen molar-refractivity contribution in [1.82, 2.24) is 10.4 Å². The van der Waals surface area contributed by atoms with Crippen LogP contribution in [0.2, 0.25) is 0 Å². The number of hydrogen-bond donors (Lipinski definition) is 1. The van der Waals surface area contributed by atoms with E-state index in [4.69, 9.17) is 0 Å². The van der Waals surface area contributed by atoms with Gasteiger partial charge in [-0.25, -0.2) is 6.54 Å². The molecular weight excluding hydrogens is 225 g/mol. The quantitative estimate of drug-likeness (QED) is 0.605. The van der Waals surface area contributed by atoms with Crippen LogP contribution in [0.15, 0.2) is 0 Å². The van der Waals surface area contributed by atoms with Crippen molar-refractivity contribution in [2.24, 2.45) is 5.41 Å². The van der Waals surface area contributed by atoms with E-state index in [2.05, 4.69) is 47.1 Å². The van der Waals surface area contributed by atoms with Crippen molar-refractivity contribution in [1.29, 1.82) is 0 Å². The van der Waals surface area contributed by atoms with Crippen molar-refractivity contribution in [3.63, 3.8) is 0 Å². The smallest absolute Gasteiger partial charge is 0 e. The molecule has 0 unspecified atom stereocenters. The summed E-state index contributed by atoms with van der Waals surface area (Å²) in [6, 6.07) is 0.425. The molecule has 0 spiro atoms. The first kappa shape index (κ1) is 15.5. The summed E-state index contributed by atoms with van der Waals surface area (Å²) in [5.41, 5.74) is 3.32. The number of nitrogens with zero attached hydrogens (tertiary/aromatic N) is 1. The van der Waals surface area contributed by atoms with Crippen molar-refractivity contribution in [3.05, 3.63) is 13.6 Å². The summed E-state index contributed by atoms with van der Waals surface area (Å²) in [6.45, 7) is 12.7. The average Bonchev–Trinajstić information content (AvgIpc) is 1.80. The molecule has 0 aliphatic rings. The second kappa shape index (κ2) is 6.47. The van der Waals surface area contributed by atoms with Gasteiger partial charge in [-0.05, 0) is 6.04 Å². The minimum absolute atomic E-state index is 0. The Balaban J connectivity index is 0. The van der Waals surface area contributed by atoms with Crippen molar-refractivity contribution >= 4 is 0 Å². The third kappa shape index (κ3) is 9.11. The molecule has 0 rings (SSSR count). The SMILES string of the molecule is [CH2-]N(N[CH-]C(C)(C)C)C(C)C.[Y]. The molecule has 0 bridgehead atoms. The van der Waals surface area contributed by atoms with Crippen molar-refractivity contribution in [3.8, 4) is 0 Å². The Morgan fingerprint density at radius 1 is 1.33 bits per heavy atom. The van der Waals surface area contributed by atoms with Gasteiger partial charge in [-0.2, -0.15) is 5.41 Å². The maximum absolute atomic E-state index is 3.83. The van der Waals surface area contributed by atoms with E-state index in [0.29, 0.717) is 6.04 Å². The van der Waals surface area contributed by atoms with E-state index in [1.807, 2.05) is 11.6 Å². The van der Waals surface area contributed by atoms with Gasteiger partial charge in [0.15, 0.2) is 0 Å². The van der Waals surface area contributed by atoms with Gasteiger partial charge in [-0.1, -0.05) is 34.6 Å². The topological polar surface area (TPSA) is 15.3 Å². The number of hydrogen-bond acceptors (Lipinski definition) is 2. The van der Waals surface area contributed by atoms with Crippen LogP contribution < -0.4 is 5.43 Å². The zero-order valence-corrected chi connectivity index (χ0v) is 11.7. The molecule has 0 saturated carbocycles. The summed E-state index contributed by atoms with van der Waals surface area (Å²) in [6.07, 6.45) is 0. The molecule has 0 aliphatic carbocycles. The molecule has 0 aromatic carbocycles. The van der Waals surface area contributed by atoms with Crippen LogP contribution in [0, 0.1) is 19.0 Å². The van der Waals surface area contributed by atoms with E-state index in [-0.39, 0.29) is 38.1 Å². The van der Waals surface area contributed by atoms with Gasteiger partial charge in [0, 0.05) is 32.7 Å². The van der Waals surface area contributed by atoms with Crippen LogP contribution in [-0.2, 0) is 32.7 Å². The molecule has 1 N–H and O–H groups in total. The number of rotatable bonds is 3. The molecule has 0 fully saturated rings. The second-order valence-corrected chi connectivity index (χ2v) is 4.20. The predicted octanol–water partition coefficient (Wildman–Crippen LogP) is 2.20. The molecular formula is C9H20N2Y-2. The summed E-state index contributed by atoms with van der Waals surface area (Å²) < 4.78 is 0. The Morgan fingerprint density at radius 2 is 1.75 bits per heavy atom. The molecule has 0 amide bonds. The minimum atomic E-state index is 0. The normalized spacial score (nSPS) is 12.0. The molecule has 2 nitrogen and oxygen atoms in total. The monoisotopic (exact) mass is 245 g/mol. The summed E-state index contributed by atoms with van der Waals surface area (Å²) in [7, 11) is 3.83. The molecule has 0 saturated heterocycles. The molecule has 0 aliphatic heterocycles. The van der Waals surface area contributed by atoms with E-state index in [0.717, 1.165) is 0 Å². The third-order valence-electron chi connectivity index (χ3n) is 1.29. The van der Waals surface area contributed by atoms with Gasteiger partial charge in [0.05, 0.1) is 0 Å². The molecule has 1 radical (unpaired) electrons. The van der Waals surface area contributed by atoms with Crippen LogP contribution in [0.5, 0.6) is 0 Å². The Hall–Kier alpha value is 1.02. The standard InChI is InChI=1S/C9H20N2.Y/c1-8(2)11(6)10-7-9(3,4)5;/h7-8,10H,6H2,1-5H3;/q-2;. The summed E-state index contributed by atoms with van der Waals surface area (Å²) in [5.74, 6) is 0. The fourth-order valence-electron chi connectivity index (χ4n) is 0.426. The van der Waals surface area contributed by atoms with Gasteiger partial charge in [0.1, 0.15) is 0 Å². The largest absolute Gasteiger partial charge is 0.434 e. The van der Waals surface area contributed by atoms with E-state index in [1.165, 1.54) is 0 Å². The fraction of sp³-hybridized carbons (Fsp3) is 0.778. The van der Waals surface area contributed by atoms with Gasteiger partial charge < -0.3 is 10.4 Å². The van der Waals surface area contributed by atoms with E-state index >= 15 is 0 Å². The van der Waals surface area contributed by atoms with Crippen LogP contribution in [0.1, 0.15) is 34.6 Å². The number of nitrogens with one attached hydrogen (secondary N) is 1. The van der Waals surface area contributed by atoms with Crippen molar-refractivity contribution < 1.29 is 32.7 Å². The molecule has 12 heavy (non-hydrogen) atoms. The second-order valence-electron chi connectivity index (χ2n) is 4.20. The Morgan fingerprint density at radius 3 is 2.00 bits per heavy atom. The van der Waals surface area contributed by atoms with Crippen LogP contribution in [0.4, 0.5) is 0 Å². The van der Waals surface area contributed by atoms with Gasteiger partial charge in [-0.3, -0.25) is 7.05 Å². The average molecular weight is 245 g/mol. The predicted molar refractivity (Wildman–Crippen MR) is 49.2 cm³/mol. The van der Waals surface area contributed by atoms with Crippen LogP contribution in [-0.4, -0.2) is 11.1 Å². The zero-order chi connectivity index (χ0) is 9.07. The Labute approximate surface area is 102 Å².